The van der Waals surface area contributed by atoms with E-state index >= 15 is 0 Å². The van der Waals surface area contributed by atoms with Crippen molar-refractivity contribution in [3.05, 3.63) is 33.6 Å². The summed E-state index contributed by atoms with van der Waals surface area (Å²) in [4.78, 5) is 20.4. The van der Waals surface area contributed by atoms with Gasteiger partial charge < -0.3 is 14.2 Å². The van der Waals surface area contributed by atoms with Gasteiger partial charge in [-0.15, -0.1) is 11.3 Å². The number of nitrogens with zero attached hydrogens (tertiary/aromatic N) is 3. The van der Waals surface area contributed by atoms with Gasteiger partial charge in [-0.1, -0.05) is 5.16 Å². The molecule has 6 nitrogen and oxygen atoms in total. The van der Waals surface area contributed by atoms with Crippen molar-refractivity contribution in [3.63, 3.8) is 0 Å². The highest BCUT2D eigenvalue weighted by Gasteiger charge is 2.31. The van der Waals surface area contributed by atoms with E-state index in [2.05, 4.69) is 21.6 Å². The summed E-state index contributed by atoms with van der Waals surface area (Å²) in [7, 11) is 0. The number of rotatable bonds is 3. The third-order valence-corrected chi connectivity index (χ3v) is 5.81. The van der Waals surface area contributed by atoms with Gasteiger partial charge in [-0.3, -0.25) is 4.79 Å². The fraction of sp³-hybridized carbons (Fsp3) is 0.588. The molecule has 4 rings (SSSR count). The van der Waals surface area contributed by atoms with Crippen LogP contribution in [0.3, 0.4) is 0 Å². The molecular formula is C17H21N3O3S. The van der Waals surface area contributed by atoms with Gasteiger partial charge in [0, 0.05) is 37.2 Å². The molecule has 24 heavy (non-hydrogen) atoms. The first kappa shape index (κ1) is 15.8. The number of aryl methyl sites for hydroxylation is 1. The molecule has 0 aromatic carbocycles. The van der Waals surface area contributed by atoms with Gasteiger partial charge in [0.25, 0.3) is 0 Å². The van der Waals surface area contributed by atoms with Crippen molar-refractivity contribution in [3.8, 4) is 0 Å². The number of hydrogen-bond donors (Lipinski definition) is 0. The standard InChI is InChI=1S/C17H21N3O3S/c1-11-18-17(19-23-11)12-3-2-6-20(10-12)16(21)9-14-13-5-8-24-15(13)4-7-22-14/h5,8,12,14H,2-4,6-7,9-10H2,1H3. The number of hydrogen-bond acceptors (Lipinski definition) is 6. The molecule has 0 bridgehead atoms. The van der Waals surface area contributed by atoms with Crippen LogP contribution >= 0.6 is 11.3 Å². The van der Waals surface area contributed by atoms with Crippen LogP contribution in [0, 0.1) is 6.92 Å². The maximum Gasteiger partial charge on any atom is 0.225 e. The summed E-state index contributed by atoms with van der Waals surface area (Å²) in [5.74, 6) is 1.63. The van der Waals surface area contributed by atoms with E-state index in [1.165, 1.54) is 10.4 Å². The minimum absolute atomic E-state index is 0.0969. The van der Waals surface area contributed by atoms with Crippen molar-refractivity contribution in [1.29, 1.82) is 0 Å². The van der Waals surface area contributed by atoms with Gasteiger partial charge in [0.05, 0.1) is 19.1 Å². The van der Waals surface area contributed by atoms with Crippen molar-refractivity contribution in [2.75, 3.05) is 19.7 Å². The van der Waals surface area contributed by atoms with Gasteiger partial charge in [0.1, 0.15) is 0 Å². The molecule has 1 amide bonds. The van der Waals surface area contributed by atoms with Crippen LogP contribution in [-0.4, -0.2) is 40.6 Å². The van der Waals surface area contributed by atoms with E-state index in [4.69, 9.17) is 9.26 Å². The lowest BCUT2D eigenvalue weighted by molar-refractivity contribution is -0.136. The smallest absolute Gasteiger partial charge is 0.225 e. The quantitative estimate of drug-likeness (QED) is 0.854. The predicted octanol–water partition coefficient (Wildman–Crippen LogP) is 2.85. The number of amides is 1. The second-order valence-corrected chi connectivity index (χ2v) is 7.46. The third-order valence-electron chi connectivity index (χ3n) is 4.82. The van der Waals surface area contributed by atoms with Crippen LogP contribution in [0.15, 0.2) is 16.0 Å². The summed E-state index contributed by atoms with van der Waals surface area (Å²) in [5, 5.41) is 6.11. The van der Waals surface area contributed by atoms with Crippen LogP contribution in [-0.2, 0) is 16.0 Å². The van der Waals surface area contributed by atoms with Gasteiger partial charge >= 0.3 is 0 Å². The molecule has 7 heteroatoms. The van der Waals surface area contributed by atoms with Crippen molar-refractivity contribution >= 4 is 17.2 Å². The Morgan fingerprint density at radius 2 is 2.42 bits per heavy atom. The first-order chi connectivity index (χ1) is 11.7. The van der Waals surface area contributed by atoms with Crippen molar-refractivity contribution in [2.45, 2.75) is 44.6 Å². The molecule has 2 aliphatic heterocycles. The van der Waals surface area contributed by atoms with E-state index in [-0.39, 0.29) is 17.9 Å². The summed E-state index contributed by atoms with van der Waals surface area (Å²) in [6, 6.07) is 2.10. The summed E-state index contributed by atoms with van der Waals surface area (Å²) < 4.78 is 10.9. The van der Waals surface area contributed by atoms with E-state index in [1.807, 2.05) is 4.90 Å². The second kappa shape index (κ2) is 6.64. The molecule has 2 aromatic heterocycles. The molecule has 2 atom stereocenters. The highest BCUT2D eigenvalue weighted by atomic mass is 32.1. The summed E-state index contributed by atoms with van der Waals surface area (Å²) in [6.45, 7) is 3.97. The molecule has 1 saturated heterocycles. The lowest BCUT2D eigenvalue weighted by Gasteiger charge is -2.33. The lowest BCUT2D eigenvalue weighted by Crippen LogP contribution is -2.40. The maximum absolute atomic E-state index is 12.8. The largest absolute Gasteiger partial charge is 0.373 e. The van der Waals surface area contributed by atoms with Gasteiger partial charge in [-0.25, -0.2) is 0 Å². The first-order valence-electron chi connectivity index (χ1n) is 8.46. The topological polar surface area (TPSA) is 68.5 Å². The Labute approximate surface area is 144 Å². The maximum atomic E-state index is 12.8. The Morgan fingerprint density at radius 3 is 3.25 bits per heavy atom. The number of fused-ring (bicyclic) bond motifs is 1. The predicted molar refractivity (Wildman–Crippen MR) is 88.9 cm³/mol. The molecule has 0 N–H and O–H groups in total. The van der Waals surface area contributed by atoms with Gasteiger partial charge in [0.2, 0.25) is 11.8 Å². The van der Waals surface area contributed by atoms with E-state index in [0.717, 1.165) is 31.6 Å². The van der Waals surface area contributed by atoms with Gasteiger partial charge in [0.15, 0.2) is 5.82 Å². The molecule has 2 aromatic rings. The molecule has 128 valence electrons. The molecule has 1 fully saturated rings. The lowest BCUT2D eigenvalue weighted by atomic mass is 9.96. The Hall–Kier alpha value is -1.73. The van der Waals surface area contributed by atoms with Crippen molar-refractivity contribution in [1.82, 2.24) is 15.0 Å². The van der Waals surface area contributed by atoms with Gasteiger partial charge in [-0.2, -0.15) is 4.98 Å². The average molecular weight is 347 g/mol. The van der Waals surface area contributed by atoms with Crippen LogP contribution < -0.4 is 0 Å². The first-order valence-corrected chi connectivity index (χ1v) is 9.34. The average Bonchev–Trinajstić information content (AvgIpc) is 3.24. The highest BCUT2D eigenvalue weighted by molar-refractivity contribution is 7.10. The monoisotopic (exact) mass is 347 g/mol. The molecule has 0 saturated carbocycles. The Morgan fingerprint density at radius 1 is 1.50 bits per heavy atom. The van der Waals surface area contributed by atoms with Gasteiger partial charge in [-0.05, 0) is 29.9 Å². The Kier molecular flexibility index (Phi) is 4.37. The number of piperidine rings is 1. The van der Waals surface area contributed by atoms with Crippen LogP contribution in [0.5, 0.6) is 0 Å². The summed E-state index contributed by atoms with van der Waals surface area (Å²) >= 11 is 1.76. The molecule has 4 heterocycles. The van der Waals surface area contributed by atoms with Crippen LogP contribution in [0.4, 0.5) is 0 Å². The molecule has 0 radical (unpaired) electrons. The fourth-order valence-corrected chi connectivity index (χ4v) is 4.49. The van der Waals surface area contributed by atoms with E-state index in [9.17, 15) is 4.79 Å². The Balaban J connectivity index is 1.42. The molecule has 2 aliphatic rings. The molecule has 0 spiro atoms. The van der Waals surface area contributed by atoms with E-state index in [1.54, 1.807) is 18.3 Å². The SMILES string of the molecule is Cc1nc(C2CCCN(C(=O)CC3OCCc4sccc43)C2)no1. The van der Waals surface area contributed by atoms with Crippen molar-refractivity contribution < 1.29 is 14.1 Å². The van der Waals surface area contributed by atoms with E-state index in [0.29, 0.717) is 25.5 Å². The molecule has 0 aliphatic carbocycles. The minimum Gasteiger partial charge on any atom is -0.373 e. The third kappa shape index (κ3) is 3.10. The molecular weight excluding hydrogens is 326 g/mol. The van der Waals surface area contributed by atoms with Crippen LogP contribution in [0.2, 0.25) is 0 Å². The fourth-order valence-electron chi connectivity index (χ4n) is 3.58. The zero-order valence-electron chi connectivity index (χ0n) is 13.7. The van der Waals surface area contributed by atoms with Crippen LogP contribution in [0.25, 0.3) is 0 Å². The number of carbonyl (C=O) groups is 1. The number of likely N-dealkylation sites (tertiary alicyclic amines) is 1. The zero-order valence-corrected chi connectivity index (χ0v) is 14.6. The normalized spacial score (nSPS) is 24.0. The number of thiophene rings is 1. The highest BCUT2D eigenvalue weighted by Crippen LogP contribution is 2.34. The minimum atomic E-state index is -0.0969. The van der Waals surface area contributed by atoms with Crippen LogP contribution in [0.1, 0.15) is 53.4 Å². The summed E-state index contributed by atoms with van der Waals surface area (Å²) in [5.41, 5.74) is 1.20. The zero-order chi connectivity index (χ0) is 16.5. The van der Waals surface area contributed by atoms with E-state index < -0.39 is 0 Å². The van der Waals surface area contributed by atoms with Crippen molar-refractivity contribution in [2.24, 2.45) is 0 Å². The number of carbonyl (C=O) groups excluding carboxylic acids is 1. The summed E-state index contributed by atoms with van der Waals surface area (Å²) in [6.07, 6.45) is 3.25. The molecule has 2 unspecified atom stereocenters. The number of aromatic nitrogens is 2. The Bertz CT molecular complexity index is 726. The number of ether oxygens (including phenoxy) is 1. The second-order valence-electron chi connectivity index (χ2n) is 6.46.